The van der Waals surface area contributed by atoms with Crippen molar-refractivity contribution in [1.82, 2.24) is 0 Å². The highest BCUT2D eigenvalue weighted by molar-refractivity contribution is 6.17. The summed E-state index contributed by atoms with van der Waals surface area (Å²) in [6, 6.07) is 5.95. The molecule has 4 heteroatoms. The van der Waals surface area contributed by atoms with Crippen LogP contribution in [0.3, 0.4) is 0 Å². The predicted molar refractivity (Wildman–Crippen MR) is 65.7 cm³/mol. The molecule has 2 rings (SSSR count). The zero-order valence-electron chi connectivity index (χ0n) is 9.00. The second-order valence-electron chi connectivity index (χ2n) is 4.05. The third-order valence-corrected chi connectivity index (χ3v) is 3.09. The van der Waals surface area contributed by atoms with Crippen LogP contribution in [0.4, 0.5) is 5.69 Å². The van der Waals surface area contributed by atoms with E-state index in [1.165, 1.54) is 5.56 Å². The van der Waals surface area contributed by atoms with E-state index in [1.807, 2.05) is 12.1 Å². The Balaban J connectivity index is 2.22. The van der Waals surface area contributed by atoms with E-state index in [0.717, 1.165) is 24.1 Å². The van der Waals surface area contributed by atoms with Gasteiger partial charge in [0, 0.05) is 24.0 Å². The van der Waals surface area contributed by atoms with E-state index in [2.05, 4.69) is 11.4 Å². The molecule has 1 unspecified atom stereocenters. The van der Waals surface area contributed by atoms with E-state index >= 15 is 0 Å². The highest BCUT2D eigenvalue weighted by Gasteiger charge is 2.16. The summed E-state index contributed by atoms with van der Waals surface area (Å²) in [5.41, 5.74) is 9.17. The van der Waals surface area contributed by atoms with Gasteiger partial charge in [0.25, 0.3) is 0 Å². The van der Waals surface area contributed by atoms with Crippen LogP contribution in [-0.2, 0) is 11.2 Å². The monoisotopic (exact) mass is 238 g/mol. The van der Waals surface area contributed by atoms with Crippen LogP contribution in [0, 0.1) is 0 Å². The second-order valence-corrected chi connectivity index (χ2v) is 4.43. The number of hydrogen-bond donors (Lipinski definition) is 2. The van der Waals surface area contributed by atoms with Crippen molar-refractivity contribution < 1.29 is 4.79 Å². The molecule has 1 atom stereocenters. The molecule has 0 spiro atoms. The van der Waals surface area contributed by atoms with E-state index < -0.39 is 0 Å². The van der Waals surface area contributed by atoms with Crippen LogP contribution in [0.25, 0.3) is 0 Å². The van der Waals surface area contributed by atoms with Crippen LogP contribution < -0.4 is 11.1 Å². The molecule has 0 fully saturated rings. The number of carbonyl (C=O) groups is 1. The van der Waals surface area contributed by atoms with Crippen LogP contribution in [-0.4, -0.2) is 11.8 Å². The van der Waals surface area contributed by atoms with Crippen molar-refractivity contribution in [3.63, 3.8) is 0 Å². The van der Waals surface area contributed by atoms with Crippen molar-refractivity contribution in [3.05, 3.63) is 29.3 Å². The van der Waals surface area contributed by atoms with Gasteiger partial charge >= 0.3 is 0 Å². The molecule has 1 aromatic rings. The molecule has 0 saturated carbocycles. The molecule has 1 heterocycles. The SMILES string of the molecule is NC(CCCl)c1ccc2c(c1)CCC(=O)N2. The standard InChI is InChI=1S/C12H15ClN2O/c13-6-5-10(14)8-1-3-11-9(7-8)2-4-12(16)15-11/h1,3,7,10H,2,4-6,14H2,(H,15,16). The van der Waals surface area contributed by atoms with Gasteiger partial charge in [-0.15, -0.1) is 11.6 Å². The largest absolute Gasteiger partial charge is 0.326 e. The minimum absolute atomic E-state index is 0.0135. The first-order chi connectivity index (χ1) is 7.70. The van der Waals surface area contributed by atoms with Gasteiger partial charge in [0.1, 0.15) is 0 Å². The minimum atomic E-state index is -0.0135. The Hall–Kier alpha value is -1.06. The van der Waals surface area contributed by atoms with Crippen LogP contribution in [0.2, 0.25) is 0 Å². The highest BCUT2D eigenvalue weighted by atomic mass is 35.5. The summed E-state index contributed by atoms with van der Waals surface area (Å²) in [6.07, 6.45) is 2.12. The van der Waals surface area contributed by atoms with Gasteiger partial charge in [-0.05, 0) is 30.0 Å². The number of alkyl halides is 1. The van der Waals surface area contributed by atoms with Crippen molar-refractivity contribution >= 4 is 23.2 Å². The lowest BCUT2D eigenvalue weighted by Gasteiger charge is -2.19. The molecule has 86 valence electrons. The van der Waals surface area contributed by atoms with E-state index in [0.29, 0.717) is 12.3 Å². The average Bonchev–Trinajstić information content (AvgIpc) is 2.28. The van der Waals surface area contributed by atoms with Gasteiger partial charge in [0.05, 0.1) is 0 Å². The molecule has 0 radical (unpaired) electrons. The average molecular weight is 239 g/mol. The molecule has 1 aromatic carbocycles. The zero-order chi connectivity index (χ0) is 11.5. The molecule has 0 aliphatic carbocycles. The summed E-state index contributed by atoms with van der Waals surface area (Å²) in [7, 11) is 0. The fourth-order valence-corrected chi connectivity index (χ4v) is 2.15. The lowest BCUT2D eigenvalue weighted by atomic mass is 9.97. The number of amides is 1. The fourth-order valence-electron chi connectivity index (χ4n) is 1.92. The van der Waals surface area contributed by atoms with Crippen LogP contribution in [0.15, 0.2) is 18.2 Å². The molecule has 0 saturated heterocycles. The second kappa shape index (κ2) is 4.85. The number of rotatable bonds is 3. The normalized spacial score (nSPS) is 16.5. The van der Waals surface area contributed by atoms with Crippen molar-refractivity contribution in [2.24, 2.45) is 5.73 Å². The maximum Gasteiger partial charge on any atom is 0.224 e. The van der Waals surface area contributed by atoms with Crippen molar-refractivity contribution in [3.8, 4) is 0 Å². The van der Waals surface area contributed by atoms with Crippen LogP contribution in [0.1, 0.15) is 30.0 Å². The molecule has 0 aromatic heterocycles. The summed E-state index contributed by atoms with van der Waals surface area (Å²) in [5, 5.41) is 2.85. The van der Waals surface area contributed by atoms with Gasteiger partial charge in [-0.3, -0.25) is 4.79 Å². The zero-order valence-corrected chi connectivity index (χ0v) is 9.76. The van der Waals surface area contributed by atoms with Crippen molar-refractivity contribution in [1.29, 1.82) is 0 Å². The number of nitrogens with one attached hydrogen (secondary N) is 1. The maximum absolute atomic E-state index is 11.2. The highest BCUT2D eigenvalue weighted by Crippen LogP contribution is 2.26. The first-order valence-electron chi connectivity index (χ1n) is 5.45. The quantitative estimate of drug-likeness (QED) is 0.794. The lowest BCUT2D eigenvalue weighted by molar-refractivity contribution is -0.116. The molecule has 1 aliphatic heterocycles. The number of fused-ring (bicyclic) bond motifs is 1. The van der Waals surface area contributed by atoms with E-state index in [-0.39, 0.29) is 11.9 Å². The number of anilines is 1. The smallest absolute Gasteiger partial charge is 0.224 e. The summed E-state index contributed by atoms with van der Waals surface area (Å²) in [6.45, 7) is 0. The van der Waals surface area contributed by atoms with Crippen molar-refractivity contribution in [2.75, 3.05) is 11.2 Å². The van der Waals surface area contributed by atoms with Gasteiger partial charge in [0.2, 0.25) is 5.91 Å². The summed E-state index contributed by atoms with van der Waals surface area (Å²) >= 11 is 5.67. The third-order valence-electron chi connectivity index (χ3n) is 2.87. The third kappa shape index (κ3) is 2.36. The number of aryl methyl sites for hydroxylation is 1. The lowest BCUT2D eigenvalue weighted by Crippen LogP contribution is -2.20. The number of nitrogens with two attached hydrogens (primary N) is 1. The summed E-state index contributed by atoms with van der Waals surface area (Å²) in [4.78, 5) is 11.2. The van der Waals surface area contributed by atoms with Gasteiger partial charge in [-0.1, -0.05) is 12.1 Å². The molecule has 3 N–H and O–H groups in total. The number of halogens is 1. The van der Waals surface area contributed by atoms with Gasteiger partial charge in [-0.2, -0.15) is 0 Å². The van der Waals surface area contributed by atoms with Crippen LogP contribution >= 0.6 is 11.6 Å². The van der Waals surface area contributed by atoms with Crippen molar-refractivity contribution in [2.45, 2.75) is 25.3 Å². The number of hydrogen-bond acceptors (Lipinski definition) is 2. The Morgan fingerprint density at radius 3 is 3.00 bits per heavy atom. The van der Waals surface area contributed by atoms with E-state index in [1.54, 1.807) is 0 Å². The molecule has 1 aliphatic rings. The minimum Gasteiger partial charge on any atom is -0.326 e. The molecular formula is C12H15ClN2O. The molecular weight excluding hydrogens is 224 g/mol. The first kappa shape index (κ1) is 11.4. The van der Waals surface area contributed by atoms with Gasteiger partial charge in [0.15, 0.2) is 0 Å². The number of benzene rings is 1. The molecule has 3 nitrogen and oxygen atoms in total. The molecule has 0 bridgehead atoms. The summed E-state index contributed by atoms with van der Waals surface area (Å²) in [5.74, 6) is 0.653. The Morgan fingerprint density at radius 2 is 2.25 bits per heavy atom. The van der Waals surface area contributed by atoms with E-state index in [4.69, 9.17) is 17.3 Å². The summed E-state index contributed by atoms with van der Waals surface area (Å²) < 4.78 is 0. The maximum atomic E-state index is 11.2. The Labute approximate surface area is 100.0 Å². The Morgan fingerprint density at radius 1 is 1.44 bits per heavy atom. The first-order valence-corrected chi connectivity index (χ1v) is 5.98. The number of carbonyl (C=O) groups excluding carboxylic acids is 1. The van der Waals surface area contributed by atoms with Gasteiger partial charge in [-0.25, -0.2) is 0 Å². The fraction of sp³-hybridized carbons (Fsp3) is 0.417. The predicted octanol–water partition coefficient (Wildman–Crippen LogP) is 2.20. The Bertz CT molecular complexity index is 406. The molecule has 1 amide bonds. The van der Waals surface area contributed by atoms with Gasteiger partial charge < -0.3 is 11.1 Å². The Kier molecular flexibility index (Phi) is 3.46. The van der Waals surface area contributed by atoms with E-state index in [9.17, 15) is 4.79 Å². The topological polar surface area (TPSA) is 55.1 Å². The molecule has 16 heavy (non-hydrogen) atoms. The van der Waals surface area contributed by atoms with Crippen LogP contribution in [0.5, 0.6) is 0 Å².